The molecule has 0 unspecified atom stereocenters. The van der Waals surface area contributed by atoms with Gasteiger partial charge in [-0.3, -0.25) is 9.78 Å². The van der Waals surface area contributed by atoms with E-state index in [0.29, 0.717) is 0 Å². The van der Waals surface area contributed by atoms with Crippen molar-refractivity contribution >= 4 is 28.1 Å². The summed E-state index contributed by atoms with van der Waals surface area (Å²) in [5.41, 5.74) is -3.17. The van der Waals surface area contributed by atoms with Crippen molar-refractivity contribution in [1.82, 2.24) is 9.88 Å². The van der Waals surface area contributed by atoms with Gasteiger partial charge in [-0.1, -0.05) is 6.05 Å². The highest BCUT2D eigenvalue weighted by Gasteiger charge is 2.16. The molecule has 7 heteroatoms. The second-order valence-electron chi connectivity index (χ2n) is 7.02. The number of carbonyl (C=O) groups excluding carboxylic acids is 1. The standard InChI is InChI=1S/C26H27FN4O2/c1-5-33-25-14-24-22(13-18(25)12-21(32)7-6-10-31(3)4)26(19(15-28)16-29-24)30-20-8-9-23(27)17(2)11-20/h6-9,11,13-14,16H,5,10,12H2,1-4H3,(H,29,30)/b7-6+/i1D3,5D2,6D,7D,8D,9D,11D,13D,14D,16D. The Morgan fingerprint density at radius 3 is 3.00 bits per heavy atom. The topological polar surface area (TPSA) is 78.2 Å². The molecule has 6 nitrogen and oxygen atoms in total. The van der Waals surface area contributed by atoms with E-state index in [-0.39, 0.29) is 12.1 Å². The van der Waals surface area contributed by atoms with Crippen LogP contribution < -0.4 is 10.1 Å². The van der Waals surface area contributed by atoms with E-state index in [4.69, 9.17) is 22.6 Å². The Kier molecular flexibility index (Phi) is 3.87. The number of anilines is 2. The number of hydrogen-bond donors (Lipinski definition) is 1. The lowest BCUT2D eigenvalue weighted by molar-refractivity contribution is -0.114. The van der Waals surface area contributed by atoms with E-state index in [1.807, 2.05) is 0 Å². The monoisotopic (exact) mass is 459 g/mol. The molecule has 0 amide bonds. The van der Waals surface area contributed by atoms with Gasteiger partial charge in [0.2, 0.25) is 0 Å². The number of nitriles is 1. The Morgan fingerprint density at radius 1 is 1.45 bits per heavy atom. The number of fused-ring (bicyclic) bond motifs is 1. The predicted octanol–water partition coefficient (Wildman–Crippen LogP) is 4.93. The maximum atomic E-state index is 14.4. The zero-order valence-corrected chi connectivity index (χ0v) is 18.0. The fraction of sp³-hybridized carbons (Fsp3) is 0.269. The van der Waals surface area contributed by atoms with Crippen LogP contribution in [0.4, 0.5) is 15.8 Å². The van der Waals surface area contributed by atoms with Crippen LogP contribution in [0.5, 0.6) is 5.75 Å². The van der Waals surface area contributed by atoms with E-state index < -0.39 is 119 Å². The van der Waals surface area contributed by atoms with Crippen LogP contribution >= 0.6 is 0 Å². The first-order chi connectivity index (χ1) is 21.1. The summed E-state index contributed by atoms with van der Waals surface area (Å²) in [6, 6.07) is -3.57. The molecule has 0 fully saturated rings. The minimum Gasteiger partial charge on any atom is -0.494 e. The summed E-state index contributed by atoms with van der Waals surface area (Å²) in [6.45, 7) is -5.88. The van der Waals surface area contributed by atoms with Gasteiger partial charge in [-0.15, -0.1) is 0 Å². The molecule has 0 saturated carbocycles. The van der Waals surface area contributed by atoms with Crippen molar-refractivity contribution in [2.24, 2.45) is 0 Å². The maximum absolute atomic E-state index is 14.4. The Labute approximate surface area is 211 Å². The number of benzene rings is 2. The van der Waals surface area contributed by atoms with Gasteiger partial charge in [0.15, 0.2) is 5.78 Å². The van der Waals surface area contributed by atoms with Gasteiger partial charge in [-0.2, -0.15) is 5.26 Å². The van der Waals surface area contributed by atoms with Crippen LogP contribution in [-0.2, 0) is 11.2 Å². The molecule has 170 valence electrons. The second-order valence-corrected chi connectivity index (χ2v) is 7.02. The van der Waals surface area contributed by atoms with Crippen LogP contribution in [0, 0.1) is 24.1 Å². The highest BCUT2D eigenvalue weighted by atomic mass is 19.1. The van der Waals surface area contributed by atoms with Crippen molar-refractivity contribution < 1.29 is 31.7 Å². The van der Waals surface area contributed by atoms with Gasteiger partial charge in [-0.05, 0) is 63.7 Å². The van der Waals surface area contributed by atoms with Crippen molar-refractivity contribution in [1.29, 1.82) is 5.26 Å². The van der Waals surface area contributed by atoms with Gasteiger partial charge < -0.3 is 15.0 Å². The molecule has 0 aliphatic rings. The van der Waals surface area contributed by atoms with Crippen LogP contribution in [0.3, 0.4) is 0 Å². The third kappa shape index (κ3) is 5.93. The number of allylic oxidation sites excluding steroid dienone is 1. The van der Waals surface area contributed by atoms with E-state index in [1.54, 1.807) is 20.2 Å². The highest BCUT2D eigenvalue weighted by Crippen LogP contribution is 2.34. The summed E-state index contributed by atoms with van der Waals surface area (Å²) in [7, 11) is 3.16. The number of hydrogen-bond acceptors (Lipinski definition) is 6. The predicted molar refractivity (Wildman–Crippen MR) is 128 cm³/mol. The first-order valence-electron chi connectivity index (χ1n) is 16.0. The molecule has 33 heavy (non-hydrogen) atoms. The second kappa shape index (κ2) is 10.7. The van der Waals surface area contributed by atoms with E-state index in [9.17, 15) is 14.4 Å². The number of nitrogens with zero attached hydrogens (tertiary/aromatic N) is 3. The number of rotatable bonds is 9. The van der Waals surface area contributed by atoms with E-state index in [2.05, 4.69) is 10.3 Å². The quantitative estimate of drug-likeness (QED) is 0.457. The normalized spacial score (nSPS) is 18.2. The fourth-order valence-corrected chi connectivity index (χ4v) is 2.71. The van der Waals surface area contributed by atoms with Crippen molar-refractivity contribution in [3.8, 4) is 11.8 Å². The van der Waals surface area contributed by atoms with Crippen LogP contribution in [0.15, 0.2) is 48.5 Å². The third-order valence-corrected chi connectivity index (χ3v) is 4.21. The Bertz CT molecular complexity index is 1810. The molecular formula is C26H27FN4O2. The summed E-state index contributed by atoms with van der Waals surface area (Å²) in [5, 5.41) is 12.0. The van der Waals surface area contributed by atoms with Crippen LogP contribution in [-0.4, -0.2) is 42.9 Å². The average molecular weight is 460 g/mol. The first kappa shape index (κ1) is 11.9. The Hall–Kier alpha value is -3.76. The number of likely N-dealkylation sites (N-methyl/N-ethyl adjacent to an activating group) is 1. The number of aromatic nitrogens is 1. The number of nitrogens with one attached hydrogen (secondary N) is 1. The van der Waals surface area contributed by atoms with Gasteiger partial charge in [-0.25, -0.2) is 4.39 Å². The Morgan fingerprint density at radius 2 is 2.27 bits per heavy atom. The molecule has 0 aliphatic heterocycles. The molecule has 0 saturated heterocycles. The zero-order valence-electron chi connectivity index (χ0n) is 31.0. The van der Waals surface area contributed by atoms with Crippen LogP contribution in [0.25, 0.3) is 10.9 Å². The molecular weight excluding hydrogens is 419 g/mol. The fourth-order valence-electron chi connectivity index (χ4n) is 2.71. The molecule has 3 aromatic rings. The van der Waals surface area contributed by atoms with E-state index in [1.165, 1.54) is 11.8 Å². The third-order valence-electron chi connectivity index (χ3n) is 4.21. The van der Waals surface area contributed by atoms with Crippen molar-refractivity contribution in [3.63, 3.8) is 0 Å². The molecule has 0 atom stereocenters. The average Bonchev–Trinajstić information content (AvgIpc) is 2.95. The van der Waals surface area contributed by atoms with Gasteiger partial charge in [0.25, 0.3) is 0 Å². The first-order valence-corrected chi connectivity index (χ1v) is 9.49. The molecule has 1 N–H and O–H groups in total. The summed E-state index contributed by atoms with van der Waals surface area (Å²) >= 11 is 0. The Balaban J connectivity index is 2.50. The number of ketones is 1. The molecule has 0 spiro atoms. The molecule has 1 heterocycles. The smallest absolute Gasteiger partial charge is 0.159 e. The number of halogens is 1. The zero-order chi connectivity index (χ0) is 35.2. The van der Waals surface area contributed by atoms with Crippen molar-refractivity contribution in [2.75, 3.05) is 32.5 Å². The van der Waals surface area contributed by atoms with Crippen molar-refractivity contribution in [3.05, 3.63) is 71.0 Å². The van der Waals surface area contributed by atoms with Gasteiger partial charge in [0, 0.05) is 45.9 Å². The summed E-state index contributed by atoms with van der Waals surface area (Å²) < 4.78 is 125. The van der Waals surface area contributed by atoms with Gasteiger partial charge in [0.1, 0.15) is 17.6 Å². The molecule has 2 aromatic carbocycles. The largest absolute Gasteiger partial charge is 0.494 e. The van der Waals surface area contributed by atoms with Crippen molar-refractivity contribution in [2.45, 2.75) is 20.2 Å². The SMILES string of the molecule is [2H]/C(CN(C)C)=C(/[2H])C(=O)Cc1c(OC([2H])([2H])C([2H])([2H])[2H])c([2H])c2nc([2H])c(C#N)c(Nc3c([2H])c([2H])c(F)c(C)c3[2H])c2c1[2H]. The van der Waals surface area contributed by atoms with E-state index >= 15 is 0 Å². The lowest BCUT2D eigenvalue weighted by Crippen LogP contribution is -2.11. The molecule has 1 aromatic heterocycles. The maximum Gasteiger partial charge on any atom is 0.159 e. The highest BCUT2D eigenvalue weighted by molar-refractivity contribution is 5.98. The van der Waals surface area contributed by atoms with Gasteiger partial charge >= 0.3 is 0 Å². The molecule has 0 radical (unpaired) electrons. The summed E-state index contributed by atoms with van der Waals surface area (Å²) in [6.07, 6.45) is -1.79. The summed E-state index contributed by atoms with van der Waals surface area (Å²) in [5.74, 6) is -3.17. The van der Waals surface area contributed by atoms with E-state index in [0.717, 1.165) is 0 Å². The lowest BCUT2D eigenvalue weighted by Gasteiger charge is -2.15. The lowest BCUT2D eigenvalue weighted by atomic mass is 10.0. The molecule has 0 aliphatic carbocycles. The number of pyridine rings is 1. The summed E-state index contributed by atoms with van der Waals surface area (Å²) in [4.78, 5) is 18.6. The minimum atomic E-state index is -3.49. The van der Waals surface area contributed by atoms with Crippen LogP contribution in [0.2, 0.25) is 0 Å². The van der Waals surface area contributed by atoms with Gasteiger partial charge in [0.05, 0.1) is 37.0 Å². The molecule has 0 bridgehead atoms. The number of ether oxygens (including phenoxy) is 1. The number of carbonyl (C=O) groups is 1. The minimum absolute atomic E-state index is 0.125. The van der Waals surface area contributed by atoms with Crippen LogP contribution in [0.1, 0.15) is 41.4 Å². The molecule has 3 rings (SSSR count).